The minimum absolute atomic E-state index is 0.250. The number of rotatable bonds is 6. The first kappa shape index (κ1) is 22.7. The number of methoxy groups -OCH3 is 1. The highest BCUT2D eigenvalue weighted by Crippen LogP contribution is 2.28. The van der Waals surface area contributed by atoms with Crippen molar-refractivity contribution in [3.63, 3.8) is 0 Å². The average Bonchev–Trinajstić information content (AvgIpc) is 3.32. The van der Waals surface area contributed by atoms with Gasteiger partial charge in [-0.15, -0.1) is 11.3 Å². The smallest absolute Gasteiger partial charge is 0.353 e. The quantitative estimate of drug-likeness (QED) is 0.196. The molecular formula is C23H21N3O5S. The van der Waals surface area contributed by atoms with Crippen molar-refractivity contribution in [3.8, 4) is 11.5 Å². The number of nitrogens with one attached hydrogen (secondary N) is 2. The summed E-state index contributed by atoms with van der Waals surface area (Å²) >= 11 is 1.28. The number of hydrogen-bond donors (Lipinski definition) is 2. The number of carbonyl (C=O) groups is 3. The number of carbonyl (C=O) groups excluding carboxylic acids is 3. The molecule has 1 aromatic heterocycles. The van der Waals surface area contributed by atoms with Gasteiger partial charge in [-0.05, 0) is 72.3 Å². The van der Waals surface area contributed by atoms with E-state index in [1.54, 1.807) is 47.8 Å². The summed E-state index contributed by atoms with van der Waals surface area (Å²) in [4.78, 5) is 36.6. The van der Waals surface area contributed by atoms with Crippen LogP contribution < -0.4 is 20.2 Å². The molecular weight excluding hydrogens is 430 g/mol. The Morgan fingerprint density at radius 1 is 0.969 bits per heavy atom. The van der Waals surface area contributed by atoms with Gasteiger partial charge in [0.1, 0.15) is 4.88 Å². The summed E-state index contributed by atoms with van der Waals surface area (Å²) in [5.41, 5.74) is 5.34. The van der Waals surface area contributed by atoms with Crippen LogP contribution in [0.5, 0.6) is 11.5 Å². The van der Waals surface area contributed by atoms with Crippen molar-refractivity contribution in [2.45, 2.75) is 13.8 Å². The maximum Gasteiger partial charge on any atom is 0.353 e. The lowest BCUT2D eigenvalue weighted by Gasteiger charge is -2.09. The van der Waals surface area contributed by atoms with Gasteiger partial charge in [0.05, 0.1) is 13.3 Å². The van der Waals surface area contributed by atoms with Crippen LogP contribution in [0.1, 0.15) is 26.4 Å². The molecule has 3 rings (SSSR count). The molecule has 164 valence electrons. The predicted octanol–water partition coefficient (Wildman–Crippen LogP) is 3.68. The van der Waals surface area contributed by atoms with Crippen molar-refractivity contribution in [3.05, 3.63) is 75.5 Å². The summed E-state index contributed by atoms with van der Waals surface area (Å²) in [7, 11) is 1.44. The number of anilines is 1. The summed E-state index contributed by atoms with van der Waals surface area (Å²) in [5, 5.41) is 8.10. The standard InChI is InChI=1S/C23H21N3O5S/c1-14-6-8-17(11-15(14)2)25-21(27)22(28)26-24-13-16-7-9-18(19(12-16)30-3)31-23(29)20-5-4-10-32-20/h4-13H,1-3H3,(H,25,27)(H,26,28). The Hall–Kier alpha value is -3.98. The Kier molecular flexibility index (Phi) is 7.35. The predicted molar refractivity (Wildman–Crippen MR) is 123 cm³/mol. The largest absolute Gasteiger partial charge is 0.493 e. The molecule has 0 saturated carbocycles. The zero-order chi connectivity index (χ0) is 23.1. The Morgan fingerprint density at radius 2 is 1.78 bits per heavy atom. The molecule has 0 aliphatic heterocycles. The maximum absolute atomic E-state index is 12.1. The molecule has 3 aromatic rings. The van der Waals surface area contributed by atoms with Crippen LogP contribution >= 0.6 is 11.3 Å². The summed E-state index contributed by atoms with van der Waals surface area (Å²) in [6.45, 7) is 3.87. The Balaban J connectivity index is 1.59. The molecule has 0 bridgehead atoms. The van der Waals surface area contributed by atoms with Gasteiger partial charge >= 0.3 is 17.8 Å². The number of amides is 2. The number of nitrogens with zero attached hydrogens (tertiary/aromatic N) is 1. The van der Waals surface area contributed by atoms with Crippen molar-refractivity contribution in [1.29, 1.82) is 0 Å². The van der Waals surface area contributed by atoms with Crippen LogP contribution in [0.15, 0.2) is 59.0 Å². The van der Waals surface area contributed by atoms with E-state index in [1.807, 2.05) is 19.9 Å². The van der Waals surface area contributed by atoms with E-state index in [2.05, 4.69) is 15.8 Å². The molecule has 0 fully saturated rings. The second-order valence-electron chi connectivity index (χ2n) is 6.73. The van der Waals surface area contributed by atoms with Crippen LogP contribution in [-0.2, 0) is 9.59 Å². The normalized spacial score (nSPS) is 10.6. The third kappa shape index (κ3) is 5.79. The van der Waals surface area contributed by atoms with Crippen molar-refractivity contribution in [2.24, 2.45) is 5.10 Å². The Morgan fingerprint density at radius 3 is 2.47 bits per heavy atom. The molecule has 2 amide bonds. The molecule has 8 nitrogen and oxygen atoms in total. The van der Waals surface area contributed by atoms with Gasteiger partial charge in [0.15, 0.2) is 11.5 Å². The summed E-state index contributed by atoms with van der Waals surface area (Å²) in [6, 6.07) is 13.6. The van der Waals surface area contributed by atoms with Crippen LogP contribution in [-0.4, -0.2) is 31.1 Å². The lowest BCUT2D eigenvalue weighted by atomic mass is 10.1. The zero-order valence-corrected chi connectivity index (χ0v) is 18.5. The van der Waals surface area contributed by atoms with Gasteiger partial charge in [-0.2, -0.15) is 5.10 Å². The van der Waals surface area contributed by atoms with Crippen LogP contribution in [0.2, 0.25) is 0 Å². The zero-order valence-electron chi connectivity index (χ0n) is 17.7. The first-order valence-electron chi connectivity index (χ1n) is 9.52. The molecule has 32 heavy (non-hydrogen) atoms. The van der Waals surface area contributed by atoms with Gasteiger partial charge in [-0.1, -0.05) is 12.1 Å². The van der Waals surface area contributed by atoms with Crippen molar-refractivity contribution in [2.75, 3.05) is 12.4 Å². The van der Waals surface area contributed by atoms with E-state index < -0.39 is 17.8 Å². The highest BCUT2D eigenvalue weighted by Gasteiger charge is 2.15. The summed E-state index contributed by atoms with van der Waals surface area (Å²) < 4.78 is 10.6. The fraction of sp³-hybridized carbons (Fsp3) is 0.130. The first-order valence-corrected chi connectivity index (χ1v) is 10.4. The fourth-order valence-corrected chi connectivity index (χ4v) is 3.22. The number of ether oxygens (including phenoxy) is 2. The second kappa shape index (κ2) is 10.4. The molecule has 0 spiro atoms. The molecule has 0 unspecified atom stereocenters. The Bertz CT molecular complexity index is 1170. The number of thiophene rings is 1. The van der Waals surface area contributed by atoms with Crippen LogP contribution in [0.3, 0.4) is 0 Å². The number of benzene rings is 2. The van der Waals surface area contributed by atoms with Gasteiger partial charge in [0.25, 0.3) is 0 Å². The van der Waals surface area contributed by atoms with Gasteiger partial charge < -0.3 is 14.8 Å². The molecule has 2 aromatic carbocycles. The third-order valence-electron chi connectivity index (χ3n) is 4.46. The van der Waals surface area contributed by atoms with Gasteiger partial charge in [-0.25, -0.2) is 10.2 Å². The number of aryl methyl sites for hydroxylation is 2. The van der Waals surface area contributed by atoms with Gasteiger partial charge in [-0.3, -0.25) is 9.59 Å². The molecule has 2 N–H and O–H groups in total. The average molecular weight is 452 g/mol. The minimum Gasteiger partial charge on any atom is -0.493 e. The molecule has 1 heterocycles. The van der Waals surface area contributed by atoms with Crippen LogP contribution in [0.4, 0.5) is 5.69 Å². The van der Waals surface area contributed by atoms with Crippen LogP contribution in [0.25, 0.3) is 0 Å². The van der Waals surface area contributed by atoms with Crippen LogP contribution in [0, 0.1) is 13.8 Å². The molecule has 0 aliphatic rings. The Labute approximate surface area is 188 Å². The highest BCUT2D eigenvalue weighted by atomic mass is 32.1. The van der Waals surface area contributed by atoms with E-state index in [9.17, 15) is 14.4 Å². The van der Waals surface area contributed by atoms with E-state index in [1.165, 1.54) is 24.7 Å². The molecule has 9 heteroatoms. The number of esters is 1. The minimum atomic E-state index is -0.909. The third-order valence-corrected chi connectivity index (χ3v) is 5.31. The van der Waals surface area contributed by atoms with Crippen molar-refractivity contribution in [1.82, 2.24) is 5.43 Å². The second-order valence-corrected chi connectivity index (χ2v) is 7.68. The maximum atomic E-state index is 12.1. The van der Waals surface area contributed by atoms with E-state index in [4.69, 9.17) is 9.47 Å². The first-order chi connectivity index (χ1) is 15.4. The molecule has 0 saturated heterocycles. The van der Waals surface area contributed by atoms with E-state index >= 15 is 0 Å². The van der Waals surface area contributed by atoms with Gasteiger partial charge in [0.2, 0.25) is 0 Å². The molecule has 0 atom stereocenters. The van der Waals surface area contributed by atoms with E-state index in [-0.39, 0.29) is 5.75 Å². The fourth-order valence-electron chi connectivity index (χ4n) is 2.62. The van der Waals surface area contributed by atoms with E-state index in [0.717, 1.165) is 11.1 Å². The summed E-state index contributed by atoms with van der Waals surface area (Å²) in [6.07, 6.45) is 1.34. The van der Waals surface area contributed by atoms with Crippen molar-refractivity contribution >= 4 is 41.0 Å². The number of hydrogen-bond acceptors (Lipinski definition) is 7. The lowest BCUT2D eigenvalue weighted by Crippen LogP contribution is -2.32. The van der Waals surface area contributed by atoms with E-state index in [0.29, 0.717) is 21.9 Å². The highest BCUT2D eigenvalue weighted by molar-refractivity contribution is 7.12. The monoisotopic (exact) mass is 451 g/mol. The SMILES string of the molecule is COc1cc(C=NNC(=O)C(=O)Nc2ccc(C)c(C)c2)ccc1OC(=O)c1cccs1. The molecule has 0 radical (unpaired) electrons. The molecule has 0 aliphatic carbocycles. The van der Waals surface area contributed by atoms with Crippen molar-refractivity contribution < 1.29 is 23.9 Å². The van der Waals surface area contributed by atoms with Gasteiger partial charge in [0, 0.05) is 5.69 Å². The topological polar surface area (TPSA) is 106 Å². The summed E-state index contributed by atoms with van der Waals surface area (Å²) in [5.74, 6) is -1.66. The lowest BCUT2D eigenvalue weighted by molar-refractivity contribution is -0.136. The number of hydrazone groups is 1.